The Morgan fingerprint density at radius 1 is 1.62 bits per heavy atom. The molecule has 0 aromatic rings. The van der Waals surface area contributed by atoms with Gasteiger partial charge in [0, 0.05) is 7.05 Å². The Kier molecular flexibility index (Phi) is 4.14. The molecular weight excluding hydrogens is 174 g/mol. The SMILES string of the molecule is CON(C)C(=O)CC1COCCO1. The fourth-order valence-corrected chi connectivity index (χ4v) is 1.08. The molecule has 0 aliphatic carbocycles. The summed E-state index contributed by atoms with van der Waals surface area (Å²) in [5.41, 5.74) is 0. The molecule has 0 bridgehead atoms. The van der Waals surface area contributed by atoms with Crippen molar-refractivity contribution in [3.8, 4) is 0 Å². The zero-order valence-corrected chi connectivity index (χ0v) is 7.99. The van der Waals surface area contributed by atoms with E-state index in [4.69, 9.17) is 14.3 Å². The van der Waals surface area contributed by atoms with Crippen LogP contribution < -0.4 is 0 Å². The largest absolute Gasteiger partial charge is 0.376 e. The van der Waals surface area contributed by atoms with Crippen LogP contribution in [-0.2, 0) is 19.1 Å². The molecular formula is C8H15NO4. The third kappa shape index (κ3) is 3.30. The van der Waals surface area contributed by atoms with Gasteiger partial charge < -0.3 is 9.47 Å². The fraction of sp³-hybridized carbons (Fsp3) is 0.875. The Balaban J connectivity index is 2.26. The monoisotopic (exact) mass is 189 g/mol. The number of hydrogen-bond donors (Lipinski definition) is 0. The first-order valence-electron chi connectivity index (χ1n) is 4.24. The van der Waals surface area contributed by atoms with E-state index >= 15 is 0 Å². The van der Waals surface area contributed by atoms with Crippen molar-refractivity contribution in [3.05, 3.63) is 0 Å². The van der Waals surface area contributed by atoms with Crippen molar-refractivity contribution in [1.29, 1.82) is 0 Å². The van der Waals surface area contributed by atoms with E-state index in [2.05, 4.69) is 0 Å². The molecule has 1 aliphatic rings. The second-order valence-corrected chi connectivity index (χ2v) is 2.85. The van der Waals surface area contributed by atoms with E-state index in [-0.39, 0.29) is 12.0 Å². The van der Waals surface area contributed by atoms with Crippen molar-refractivity contribution in [2.24, 2.45) is 0 Å². The number of rotatable bonds is 3. The molecule has 1 heterocycles. The first kappa shape index (κ1) is 10.4. The highest BCUT2D eigenvalue weighted by molar-refractivity contribution is 5.75. The van der Waals surface area contributed by atoms with Gasteiger partial charge in [0.2, 0.25) is 5.91 Å². The summed E-state index contributed by atoms with van der Waals surface area (Å²) >= 11 is 0. The Hall–Kier alpha value is -0.650. The fourth-order valence-electron chi connectivity index (χ4n) is 1.08. The predicted octanol–water partition coefficient (Wildman–Crippen LogP) is -0.188. The van der Waals surface area contributed by atoms with Gasteiger partial charge in [-0.15, -0.1) is 0 Å². The van der Waals surface area contributed by atoms with E-state index in [0.717, 1.165) is 0 Å². The van der Waals surface area contributed by atoms with Gasteiger partial charge in [-0.05, 0) is 0 Å². The van der Waals surface area contributed by atoms with E-state index in [1.54, 1.807) is 7.05 Å². The minimum Gasteiger partial charge on any atom is -0.376 e. The average Bonchev–Trinajstić information content (AvgIpc) is 2.18. The van der Waals surface area contributed by atoms with Crippen LogP contribution in [-0.4, -0.2) is 51.1 Å². The van der Waals surface area contributed by atoms with Gasteiger partial charge in [0.05, 0.1) is 39.5 Å². The van der Waals surface area contributed by atoms with Gasteiger partial charge in [0.1, 0.15) is 0 Å². The lowest BCUT2D eigenvalue weighted by molar-refractivity contribution is -0.175. The van der Waals surface area contributed by atoms with Crippen LogP contribution >= 0.6 is 0 Å². The zero-order chi connectivity index (χ0) is 9.68. The molecule has 1 amide bonds. The van der Waals surface area contributed by atoms with Gasteiger partial charge >= 0.3 is 0 Å². The molecule has 0 radical (unpaired) electrons. The summed E-state index contributed by atoms with van der Waals surface area (Å²) < 4.78 is 10.5. The zero-order valence-electron chi connectivity index (χ0n) is 7.99. The number of ether oxygens (including phenoxy) is 2. The summed E-state index contributed by atoms with van der Waals surface area (Å²) in [4.78, 5) is 16.0. The van der Waals surface area contributed by atoms with Crippen molar-refractivity contribution in [3.63, 3.8) is 0 Å². The highest BCUT2D eigenvalue weighted by Crippen LogP contribution is 2.06. The quantitative estimate of drug-likeness (QED) is 0.577. The second-order valence-electron chi connectivity index (χ2n) is 2.85. The van der Waals surface area contributed by atoms with Gasteiger partial charge in [0.25, 0.3) is 0 Å². The number of carbonyl (C=O) groups excluding carboxylic acids is 1. The highest BCUT2D eigenvalue weighted by Gasteiger charge is 2.20. The summed E-state index contributed by atoms with van der Waals surface area (Å²) in [6.07, 6.45) is 0.184. The van der Waals surface area contributed by atoms with Crippen molar-refractivity contribution >= 4 is 5.91 Å². The third-order valence-electron chi connectivity index (χ3n) is 1.91. The summed E-state index contributed by atoms with van der Waals surface area (Å²) in [6, 6.07) is 0. The van der Waals surface area contributed by atoms with Crippen molar-refractivity contribution in [2.45, 2.75) is 12.5 Å². The van der Waals surface area contributed by atoms with Crippen LogP contribution in [0.5, 0.6) is 0 Å². The predicted molar refractivity (Wildman–Crippen MR) is 45.0 cm³/mol. The molecule has 0 aromatic heterocycles. The Morgan fingerprint density at radius 2 is 2.38 bits per heavy atom. The topological polar surface area (TPSA) is 48.0 Å². The van der Waals surface area contributed by atoms with E-state index in [1.165, 1.54) is 12.2 Å². The maximum atomic E-state index is 11.3. The summed E-state index contributed by atoms with van der Waals surface area (Å²) in [5, 5.41) is 1.19. The smallest absolute Gasteiger partial charge is 0.248 e. The third-order valence-corrected chi connectivity index (χ3v) is 1.91. The molecule has 1 aliphatic heterocycles. The molecule has 0 spiro atoms. The van der Waals surface area contributed by atoms with Crippen LogP contribution in [0, 0.1) is 0 Å². The maximum absolute atomic E-state index is 11.3. The molecule has 0 saturated carbocycles. The normalized spacial score (nSPS) is 22.8. The Labute approximate surface area is 77.5 Å². The molecule has 76 valence electrons. The van der Waals surface area contributed by atoms with Crippen LogP contribution in [0.1, 0.15) is 6.42 Å². The van der Waals surface area contributed by atoms with Gasteiger partial charge in [-0.25, -0.2) is 5.06 Å². The van der Waals surface area contributed by atoms with Crippen molar-refractivity contribution in [1.82, 2.24) is 5.06 Å². The molecule has 5 nitrogen and oxygen atoms in total. The second kappa shape index (κ2) is 5.16. The van der Waals surface area contributed by atoms with Crippen molar-refractivity contribution in [2.75, 3.05) is 34.0 Å². The number of hydrogen-bond acceptors (Lipinski definition) is 4. The summed E-state index contributed by atoms with van der Waals surface area (Å²) in [7, 11) is 3.03. The lowest BCUT2D eigenvalue weighted by Gasteiger charge is -2.23. The van der Waals surface area contributed by atoms with E-state index in [0.29, 0.717) is 26.2 Å². The minimum atomic E-state index is -0.126. The number of amides is 1. The molecule has 5 heteroatoms. The van der Waals surface area contributed by atoms with E-state index in [1.807, 2.05) is 0 Å². The van der Waals surface area contributed by atoms with Crippen molar-refractivity contribution < 1.29 is 19.1 Å². The van der Waals surface area contributed by atoms with Crippen LogP contribution in [0.15, 0.2) is 0 Å². The van der Waals surface area contributed by atoms with Gasteiger partial charge in [-0.3, -0.25) is 9.63 Å². The van der Waals surface area contributed by atoms with Gasteiger partial charge in [-0.1, -0.05) is 0 Å². The van der Waals surface area contributed by atoms with Crippen LogP contribution in [0.2, 0.25) is 0 Å². The standard InChI is InChI=1S/C8H15NO4/c1-9(11-2)8(10)5-7-6-12-3-4-13-7/h7H,3-6H2,1-2H3. The Bertz CT molecular complexity index is 168. The number of nitrogens with zero attached hydrogens (tertiary/aromatic N) is 1. The molecule has 0 aromatic carbocycles. The summed E-state index contributed by atoms with van der Waals surface area (Å²) in [5.74, 6) is -0.0991. The van der Waals surface area contributed by atoms with Crippen LogP contribution in [0.4, 0.5) is 0 Å². The molecule has 1 atom stereocenters. The molecule has 13 heavy (non-hydrogen) atoms. The maximum Gasteiger partial charge on any atom is 0.248 e. The summed E-state index contributed by atoms with van der Waals surface area (Å²) in [6.45, 7) is 1.67. The Morgan fingerprint density at radius 3 is 2.92 bits per heavy atom. The van der Waals surface area contributed by atoms with Gasteiger partial charge in [-0.2, -0.15) is 0 Å². The molecule has 0 N–H and O–H groups in total. The first-order valence-corrected chi connectivity index (χ1v) is 4.24. The number of hydroxylamine groups is 2. The van der Waals surface area contributed by atoms with E-state index < -0.39 is 0 Å². The van der Waals surface area contributed by atoms with Gasteiger partial charge in [0.15, 0.2) is 0 Å². The minimum absolute atomic E-state index is 0.0991. The molecule has 1 saturated heterocycles. The number of carbonyl (C=O) groups is 1. The lowest BCUT2D eigenvalue weighted by Crippen LogP contribution is -2.35. The van der Waals surface area contributed by atoms with Crippen LogP contribution in [0.25, 0.3) is 0 Å². The molecule has 1 unspecified atom stereocenters. The highest BCUT2D eigenvalue weighted by atomic mass is 16.7. The lowest BCUT2D eigenvalue weighted by atomic mass is 10.2. The molecule has 1 rings (SSSR count). The molecule has 1 fully saturated rings. The average molecular weight is 189 g/mol. The first-order chi connectivity index (χ1) is 6.24. The van der Waals surface area contributed by atoms with E-state index in [9.17, 15) is 4.79 Å². The van der Waals surface area contributed by atoms with Crippen LogP contribution in [0.3, 0.4) is 0 Å².